The van der Waals surface area contributed by atoms with E-state index in [4.69, 9.17) is 0 Å². The van der Waals surface area contributed by atoms with Gasteiger partial charge in [0.15, 0.2) is 0 Å². The summed E-state index contributed by atoms with van der Waals surface area (Å²) >= 11 is 1.31. The van der Waals surface area contributed by atoms with Crippen LogP contribution < -0.4 is 5.43 Å². The molecule has 3 rings (SSSR count). The van der Waals surface area contributed by atoms with Crippen LogP contribution in [-0.2, 0) is 4.79 Å². The van der Waals surface area contributed by atoms with E-state index in [1.54, 1.807) is 18.3 Å². The Morgan fingerprint density at radius 1 is 1.26 bits per heavy atom. The van der Waals surface area contributed by atoms with Gasteiger partial charge in [0.25, 0.3) is 5.69 Å². The first-order valence-corrected chi connectivity index (χ1v) is 9.97. The predicted octanol–water partition coefficient (Wildman–Crippen LogP) is 4.14. The molecule has 1 aliphatic carbocycles. The van der Waals surface area contributed by atoms with Gasteiger partial charge in [0, 0.05) is 41.0 Å². The summed E-state index contributed by atoms with van der Waals surface area (Å²) in [7, 11) is 0. The second-order valence-electron chi connectivity index (χ2n) is 6.52. The maximum absolute atomic E-state index is 11.9. The van der Waals surface area contributed by atoms with Gasteiger partial charge in [-0.1, -0.05) is 19.3 Å². The Labute approximate surface area is 162 Å². The van der Waals surface area contributed by atoms with E-state index in [1.165, 1.54) is 56.0 Å². The Balaban J connectivity index is 1.43. The third-order valence-corrected chi connectivity index (χ3v) is 5.57. The monoisotopic (exact) mass is 386 g/mol. The van der Waals surface area contributed by atoms with Crippen LogP contribution in [0.3, 0.4) is 0 Å². The highest BCUT2D eigenvalue weighted by Gasteiger charge is 2.14. The molecular formula is C19H22N4O3S. The number of hydrogen-bond acceptors (Lipinski definition) is 5. The van der Waals surface area contributed by atoms with E-state index in [1.807, 2.05) is 6.07 Å². The number of benzene rings is 1. The molecule has 0 unspecified atom stereocenters. The second kappa shape index (κ2) is 9.36. The molecule has 27 heavy (non-hydrogen) atoms. The normalized spacial score (nSPS) is 15.1. The lowest BCUT2D eigenvalue weighted by Crippen LogP contribution is -2.19. The number of rotatable bonds is 7. The summed E-state index contributed by atoms with van der Waals surface area (Å²) in [5, 5.41) is 14.6. The molecule has 1 N–H and O–H groups in total. The molecule has 1 aromatic heterocycles. The number of nitrogens with zero attached hydrogens (tertiary/aromatic N) is 3. The number of aromatic nitrogens is 1. The average Bonchev–Trinajstić information content (AvgIpc) is 3.16. The zero-order valence-electron chi connectivity index (χ0n) is 14.9. The molecule has 1 saturated carbocycles. The van der Waals surface area contributed by atoms with Crippen LogP contribution in [0.5, 0.6) is 0 Å². The molecule has 0 bridgehead atoms. The quantitative estimate of drug-likeness (QED) is 0.335. The van der Waals surface area contributed by atoms with Crippen molar-refractivity contribution in [2.75, 3.05) is 5.75 Å². The average molecular weight is 386 g/mol. The number of thioether (sulfide) groups is 1. The molecule has 0 spiro atoms. The highest BCUT2D eigenvalue weighted by molar-refractivity contribution is 8.00. The van der Waals surface area contributed by atoms with Gasteiger partial charge in [0.05, 0.1) is 16.9 Å². The number of non-ortho nitro benzene ring substituents is 1. The minimum atomic E-state index is -0.447. The van der Waals surface area contributed by atoms with Gasteiger partial charge in [-0.05, 0) is 31.0 Å². The summed E-state index contributed by atoms with van der Waals surface area (Å²) in [5.41, 5.74) is 3.51. The Kier molecular flexibility index (Phi) is 6.64. The zero-order chi connectivity index (χ0) is 19.1. The van der Waals surface area contributed by atoms with Gasteiger partial charge in [-0.3, -0.25) is 14.9 Å². The number of nitrogens with one attached hydrogen (secondary N) is 1. The van der Waals surface area contributed by atoms with E-state index in [2.05, 4.69) is 27.5 Å². The summed E-state index contributed by atoms with van der Waals surface area (Å²) in [6, 6.07) is 8.69. The molecule has 1 heterocycles. The summed E-state index contributed by atoms with van der Waals surface area (Å²) in [4.78, 5) is 22.8. The summed E-state index contributed by atoms with van der Waals surface area (Å²) < 4.78 is 2.24. The van der Waals surface area contributed by atoms with Crippen molar-refractivity contribution in [3.05, 3.63) is 58.4 Å². The topological polar surface area (TPSA) is 89.5 Å². The molecular weight excluding hydrogens is 364 g/mol. The van der Waals surface area contributed by atoms with E-state index < -0.39 is 4.92 Å². The molecule has 1 aromatic carbocycles. The highest BCUT2D eigenvalue weighted by Crippen LogP contribution is 2.28. The minimum Gasteiger partial charge on any atom is -0.351 e. The fraction of sp³-hybridized carbons (Fsp3) is 0.368. The van der Waals surface area contributed by atoms with E-state index in [9.17, 15) is 14.9 Å². The van der Waals surface area contributed by atoms with Gasteiger partial charge >= 0.3 is 0 Å². The Bertz CT molecular complexity index is 811. The first-order valence-electron chi connectivity index (χ1n) is 8.98. The van der Waals surface area contributed by atoms with Crippen molar-refractivity contribution in [3.8, 4) is 0 Å². The summed E-state index contributed by atoms with van der Waals surface area (Å²) in [6.45, 7) is 0. The van der Waals surface area contributed by atoms with Gasteiger partial charge < -0.3 is 4.57 Å². The molecule has 1 amide bonds. The first kappa shape index (κ1) is 19.2. The third kappa shape index (κ3) is 5.68. The number of nitro benzene ring substituents is 1. The van der Waals surface area contributed by atoms with E-state index in [0.717, 1.165) is 10.5 Å². The first-order chi connectivity index (χ1) is 13.1. The van der Waals surface area contributed by atoms with Gasteiger partial charge in [-0.15, -0.1) is 11.8 Å². The van der Waals surface area contributed by atoms with Crippen molar-refractivity contribution in [1.29, 1.82) is 0 Å². The lowest BCUT2D eigenvalue weighted by Gasteiger charge is -2.23. The van der Waals surface area contributed by atoms with E-state index >= 15 is 0 Å². The van der Waals surface area contributed by atoms with Gasteiger partial charge in [-0.25, -0.2) is 5.43 Å². The Hall–Kier alpha value is -2.61. The standard InChI is InChI=1S/C19H22N4O3S/c24-19(14-27-18-8-6-17(7-9-18)23(25)26)21-20-12-15-10-11-22(13-15)16-4-2-1-3-5-16/h6-13,16H,1-5,14H2,(H,21,24)/b20-12-. The summed E-state index contributed by atoms with van der Waals surface area (Å²) in [5.74, 6) is -0.0283. The molecule has 0 radical (unpaired) electrons. The SMILES string of the molecule is O=C(CSc1ccc([N+](=O)[O-])cc1)N/N=C\c1ccn(C2CCCCC2)c1. The van der Waals surface area contributed by atoms with Crippen molar-refractivity contribution in [2.45, 2.75) is 43.0 Å². The van der Waals surface area contributed by atoms with Crippen molar-refractivity contribution in [3.63, 3.8) is 0 Å². The van der Waals surface area contributed by atoms with E-state index in [-0.39, 0.29) is 17.3 Å². The number of hydrogen-bond donors (Lipinski definition) is 1. The van der Waals surface area contributed by atoms with Crippen LogP contribution in [0.4, 0.5) is 5.69 Å². The smallest absolute Gasteiger partial charge is 0.269 e. The largest absolute Gasteiger partial charge is 0.351 e. The molecule has 0 aliphatic heterocycles. The number of carbonyl (C=O) groups is 1. The Morgan fingerprint density at radius 2 is 2.00 bits per heavy atom. The highest BCUT2D eigenvalue weighted by atomic mass is 32.2. The number of nitro groups is 1. The third-order valence-electron chi connectivity index (χ3n) is 4.55. The van der Waals surface area contributed by atoms with Gasteiger partial charge in [-0.2, -0.15) is 5.10 Å². The lowest BCUT2D eigenvalue weighted by atomic mass is 9.95. The van der Waals surface area contributed by atoms with Crippen LogP contribution in [0.1, 0.15) is 43.7 Å². The molecule has 2 aromatic rings. The number of hydrazone groups is 1. The zero-order valence-corrected chi connectivity index (χ0v) is 15.7. The Morgan fingerprint density at radius 3 is 2.70 bits per heavy atom. The van der Waals surface area contributed by atoms with Gasteiger partial charge in [0.2, 0.25) is 5.91 Å². The predicted molar refractivity (Wildman–Crippen MR) is 106 cm³/mol. The van der Waals surface area contributed by atoms with Crippen LogP contribution in [0, 0.1) is 10.1 Å². The molecule has 1 fully saturated rings. The summed E-state index contributed by atoms with van der Waals surface area (Å²) in [6.07, 6.45) is 12.1. The fourth-order valence-corrected chi connectivity index (χ4v) is 3.83. The van der Waals surface area contributed by atoms with Crippen LogP contribution in [0.25, 0.3) is 0 Å². The van der Waals surface area contributed by atoms with Crippen molar-refractivity contribution < 1.29 is 9.72 Å². The molecule has 0 atom stereocenters. The maximum Gasteiger partial charge on any atom is 0.269 e. The lowest BCUT2D eigenvalue weighted by molar-refractivity contribution is -0.384. The van der Waals surface area contributed by atoms with Crippen LogP contribution in [0.15, 0.2) is 52.7 Å². The maximum atomic E-state index is 11.9. The molecule has 8 heteroatoms. The fourth-order valence-electron chi connectivity index (χ4n) is 3.14. The van der Waals surface area contributed by atoms with Crippen LogP contribution in [-0.4, -0.2) is 27.4 Å². The molecule has 1 aliphatic rings. The number of carbonyl (C=O) groups excluding carboxylic acids is 1. The van der Waals surface area contributed by atoms with Crippen LogP contribution >= 0.6 is 11.8 Å². The van der Waals surface area contributed by atoms with Crippen molar-refractivity contribution in [1.82, 2.24) is 9.99 Å². The second-order valence-corrected chi connectivity index (χ2v) is 7.57. The van der Waals surface area contributed by atoms with Crippen molar-refractivity contribution >= 4 is 29.6 Å². The number of amides is 1. The van der Waals surface area contributed by atoms with E-state index in [0.29, 0.717) is 6.04 Å². The minimum absolute atomic E-state index is 0.0357. The molecule has 0 saturated heterocycles. The van der Waals surface area contributed by atoms with Crippen molar-refractivity contribution in [2.24, 2.45) is 5.10 Å². The van der Waals surface area contributed by atoms with Crippen LogP contribution in [0.2, 0.25) is 0 Å². The van der Waals surface area contributed by atoms with Gasteiger partial charge in [0.1, 0.15) is 0 Å². The molecule has 142 valence electrons. The molecule has 7 nitrogen and oxygen atoms in total.